The van der Waals surface area contributed by atoms with Crippen LogP contribution in [0.15, 0.2) is 0 Å². The van der Waals surface area contributed by atoms with Crippen LogP contribution in [0.1, 0.15) is 19.8 Å². The monoisotopic (exact) mass is 200 g/mol. The normalized spacial score (nSPS) is 33.2. The molecule has 2 rings (SSSR count). The number of nitrogens with zero attached hydrogens (tertiary/aromatic N) is 1. The lowest BCUT2D eigenvalue weighted by Gasteiger charge is -2.34. The Bertz CT molecular complexity index is 180. The predicted molar refractivity (Wildman–Crippen MR) is 59.4 cm³/mol. The van der Waals surface area contributed by atoms with Crippen molar-refractivity contribution in [2.24, 2.45) is 0 Å². The summed E-state index contributed by atoms with van der Waals surface area (Å²) in [7, 11) is 0. The molecule has 76 valence electrons. The van der Waals surface area contributed by atoms with E-state index < -0.39 is 0 Å². The van der Waals surface area contributed by atoms with E-state index in [0.29, 0.717) is 10.8 Å². The van der Waals surface area contributed by atoms with Crippen LogP contribution in [0.4, 0.5) is 0 Å². The molecule has 1 heterocycles. The number of thioether (sulfide) groups is 1. The third-order valence-corrected chi connectivity index (χ3v) is 4.61. The summed E-state index contributed by atoms with van der Waals surface area (Å²) in [6.07, 6.45) is 5.14. The van der Waals surface area contributed by atoms with E-state index in [0.717, 1.165) is 0 Å². The van der Waals surface area contributed by atoms with Crippen LogP contribution in [0.2, 0.25) is 0 Å². The van der Waals surface area contributed by atoms with Gasteiger partial charge in [0.15, 0.2) is 0 Å². The maximum atomic E-state index is 3.49. The molecule has 0 aromatic heterocycles. The SMILES string of the molecule is CSC1(CN2CCNC(C)C2)CC1. The number of hydrogen-bond donors (Lipinski definition) is 1. The van der Waals surface area contributed by atoms with Crippen molar-refractivity contribution in [3.05, 3.63) is 0 Å². The van der Waals surface area contributed by atoms with Gasteiger partial charge in [-0.05, 0) is 26.0 Å². The Morgan fingerprint density at radius 2 is 2.31 bits per heavy atom. The minimum atomic E-state index is 0.650. The zero-order chi connectivity index (χ0) is 9.31. The molecule has 1 atom stereocenters. The zero-order valence-corrected chi connectivity index (χ0v) is 9.49. The van der Waals surface area contributed by atoms with Crippen molar-refractivity contribution in [3.8, 4) is 0 Å². The Kier molecular flexibility index (Phi) is 2.86. The van der Waals surface area contributed by atoms with E-state index in [4.69, 9.17) is 0 Å². The van der Waals surface area contributed by atoms with Gasteiger partial charge in [-0.1, -0.05) is 0 Å². The molecule has 0 bridgehead atoms. The minimum Gasteiger partial charge on any atom is -0.312 e. The van der Waals surface area contributed by atoms with Crippen molar-refractivity contribution in [3.63, 3.8) is 0 Å². The van der Waals surface area contributed by atoms with Crippen LogP contribution in [0.5, 0.6) is 0 Å². The molecular formula is C10H20N2S. The van der Waals surface area contributed by atoms with Gasteiger partial charge in [-0.25, -0.2) is 0 Å². The largest absolute Gasteiger partial charge is 0.312 e. The van der Waals surface area contributed by atoms with Crippen LogP contribution in [0.25, 0.3) is 0 Å². The lowest BCUT2D eigenvalue weighted by Crippen LogP contribution is -2.51. The molecule has 1 aliphatic carbocycles. The van der Waals surface area contributed by atoms with Crippen LogP contribution in [-0.4, -0.2) is 48.1 Å². The van der Waals surface area contributed by atoms with Gasteiger partial charge < -0.3 is 5.32 Å². The summed E-state index contributed by atoms with van der Waals surface area (Å²) in [5, 5.41) is 3.49. The molecule has 1 saturated heterocycles. The second-order valence-electron chi connectivity index (χ2n) is 4.48. The number of rotatable bonds is 3. The van der Waals surface area contributed by atoms with E-state index in [9.17, 15) is 0 Å². The fourth-order valence-corrected chi connectivity index (χ4v) is 2.95. The molecule has 2 fully saturated rings. The molecule has 0 aromatic rings. The molecule has 0 amide bonds. The van der Waals surface area contributed by atoms with Crippen molar-refractivity contribution >= 4 is 11.8 Å². The second-order valence-corrected chi connectivity index (χ2v) is 5.75. The first kappa shape index (κ1) is 9.81. The Labute approximate surface area is 85.4 Å². The van der Waals surface area contributed by atoms with Gasteiger partial charge in [-0.15, -0.1) is 0 Å². The van der Waals surface area contributed by atoms with Crippen molar-refractivity contribution in [2.75, 3.05) is 32.4 Å². The van der Waals surface area contributed by atoms with Gasteiger partial charge in [0.1, 0.15) is 0 Å². The average molecular weight is 200 g/mol. The number of nitrogens with one attached hydrogen (secondary N) is 1. The van der Waals surface area contributed by atoms with Crippen molar-refractivity contribution < 1.29 is 0 Å². The standard InChI is InChI=1S/C10H20N2S/c1-9-7-12(6-5-11-9)8-10(13-2)3-4-10/h9,11H,3-8H2,1-2H3. The van der Waals surface area contributed by atoms with Crippen molar-refractivity contribution in [2.45, 2.75) is 30.6 Å². The minimum absolute atomic E-state index is 0.650. The summed E-state index contributed by atoms with van der Waals surface area (Å²) in [6, 6.07) is 0.686. The van der Waals surface area contributed by atoms with Crippen molar-refractivity contribution in [1.82, 2.24) is 10.2 Å². The third-order valence-electron chi connectivity index (χ3n) is 3.21. The van der Waals surface area contributed by atoms with Crippen LogP contribution in [0.3, 0.4) is 0 Å². The zero-order valence-electron chi connectivity index (χ0n) is 8.68. The van der Waals surface area contributed by atoms with Crippen LogP contribution < -0.4 is 5.32 Å². The first-order valence-electron chi connectivity index (χ1n) is 5.25. The quantitative estimate of drug-likeness (QED) is 0.736. The highest BCUT2D eigenvalue weighted by Gasteiger charge is 2.43. The van der Waals surface area contributed by atoms with E-state index >= 15 is 0 Å². The van der Waals surface area contributed by atoms with Crippen LogP contribution in [-0.2, 0) is 0 Å². The molecule has 0 spiro atoms. The van der Waals surface area contributed by atoms with Gasteiger partial charge in [0.05, 0.1) is 0 Å². The number of piperazine rings is 1. The third kappa shape index (κ3) is 2.39. The van der Waals surface area contributed by atoms with E-state index in [1.807, 2.05) is 0 Å². The molecule has 0 aromatic carbocycles. The molecule has 1 unspecified atom stereocenters. The lowest BCUT2D eigenvalue weighted by molar-refractivity contribution is 0.205. The molecule has 2 aliphatic rings. The Morgan fingerprint density at radius 1 is 1.54 bits per heavy atom. The second kappa shape index (κ2) is 3.79. The molecule has 0 radical (unpaired) electrons. The summed E-state index contributed by atoms with van der Waals surface area (Å²) in [5.74, 6) is 0. The maximum Gasteiger partial charge on any atom is 0.0285 e. The highest BCUT2D eigenvalue weighted by molar-refractivity contribution is 8.00. The fourth-order valence-electron chi connectivity index (χ4n) is 2.13. The van der Waals surface area contributed by atoms with E-state index in [-0.39, 0.29) is 0 Å². The van der Waals surface area contributed by atoms with Crippen LogP contribution in [0, 0.1) is 0 Å². The van der Waals surface area contributed by atoms with E-state index in [1.165, 1.54) is 39.0 Å². The van der Waals surface area contributed by atoms with Gasteiger partial charge in [-0.3, -0.25) is 4.90 Å². The topological polar surface area (TPSA) is 15.3 Å². The molecule has 2 nitrogen and oxygen atoms in total. The van der Waals surface area contributed by atoms with Crippen LogP contribution >= 0.6 is 11.8 Å². The maximum absolute atomic E-state index is 3.49. The number of hydrogen-bond acceptors (Lipinski definition) is 3. The molecule has 13 heavy (non-hydrogen) atoms. The fraction of sp³-hybridized carbons (Fsp3) is 1.00. The Balaban J connectivity index is 1.80. The summed E-state index contributed by atoms with van der Waals surface area (Å²) >= 11 is 2.07. The smallest absolute Gasteiger partial charge is 0.0285 e. The molecular weight excluding hydrogens is 180 g/mol. The summed E-state index contributed by atoms with van der Waals surface area (Å²) in [6.45, 7) is 7.26. The van der Waals surface area contributed by atoms with Gasteiger partial charge in [-0.2, -0.15) is 11.8 Å². The van der Waals surface area contributed by atoms with Crippen molar-refractivity contribution in [1.29, 1.82) is 0 Å². The Morgan fingerprint density at radius 3 is 2.85 bits per heavy atom. The summed E-state index contributed by atoms with van der Waals surface area (Å²) in [5.41, 5.74) is 0. The van der Waals surface area contributed by atoms with Gasteiger partial charge in [0.25, 0.3) is 0 Å². The lowest BCUT2D eigenvalue weighted by atomic mass is 10.2. The summed E-state index contributed by atoms with van der Waals surface area (Å²) in [4.78, 5) is 2.63. The first-order valence-corrected chi connectivity index (χ1v) is 6.47. The molecule has 1 aliphatic heterocycles. The van der Waals surface area contributed by atoms with Gasteiger partial charge >= 0.3 is 0 Å². The average Bonchev–Trinajstić information content (AvgIpc) is 2.86. The van der Waals surface area contributed by atoms with E-state index in [2.05, 4.69) is 35.2 Å². The summed E-state index contributed by atoms with van der Waals surface area (Å²) < 4.78 is 0.650. The molecule has 3 heteroatoms. The predicted octanol–water partition coefficient (Wildman–Crippen LogP) is 1.18. The highest BCUT2D eigenvalue weighted by Crippen LogP contribution is 2.47. The highest BCUT2D eigenvalue weighted by atomic mass is 32.2. The Hall–Kier alpha value is 0.270. The van der Waals surface area contributed by atoms with E-state index in [1.54, 1.807) is 0 Å². The first-order chi connectivity index (χ1) is 6.24. The molecule has 1 saturated carbocycles. The molecule has 1 N–H and O–H groups in total. The van der Waals surface area contributed by atoms with Gasteiger partial charge in [0, 0.05) is 37.0 Å². The van der Waals surface area contributed by atoms with Gasteiger partial charge in [0.2, 0.25) is 0 Å².